The summed E-state index contributed by atoms with van der Waals surface area (Å²) in [6, 6.07) is 8.08. The van der Waals surface area contributed by atoms with E-state index in [1.807, 2.05) is 37.3 Å². The topological polar surface area (TPSA) is 113 Å². The molecule has 2 amide bonds. The Morgan fingerprint density at radius 2 is 1.80 bits per heavy atom. The Labute approximate surface area is 207 Å². The number of ether oxygens (including phenoxy) is 2. The third kappa shape index (κ3) is 8.88. The van der Waals surface area contributed by atoms with E-state index in [4.69, 9.17) is 9.47 Å². The minimum absolute atomic E-state index is 0.00433. The molecule has 1 aliphatic heterocycles. The first-order valence-corrected chi connectivity index (χ1v) is 12.3. The Balaban J connectivity index is 2.32. The van der Waals surface area contributed by atoms with Gasteiger partial charge in [0.2, 0.25) is 5.91 Å². The smallest absolute Gasteiger partial charge is 0.429 e. The molecule has 1 aliphatic rings. The second-order valence-corrected chi connectivity index (χ2v) is 9.83. The lowest BCUT2D eigenvalue weighted by Crippen LogP contribution is -2.62. The van der Waals surface area contributed by atoms with Crippen LogP contribution in [0.3, 0.4) is 0 Å². The summed E-state index contributed by atoms with van der Waals surface area (Å²) in [5, 5.41) is 11.7. The van der Waals surface area contributed by atoms with Gasteiger partial charge in [0, 0.05) is 6.54 Å². The number of hydrazine groups is 1. The third-order valence-electron chi connectivity index (χ3n) is 5.65. The molecule has 0 spiro atoms. The molecule has 194 valence electrons. The van der Waals surface area contributed by atoms with Gasteiger partial charge in [-0.2, -0.15) is 0 Å². The standard InChI is InChI=1S/C26H38N2O7/c1-5-6-8-14-20(17-22(29)30)23(31)28-21(24(32)35-26(2,3)4)15-11-16-27(28)25(33)34-18-19-12-9-7-10-13-19/h7,9-10,12-13,20-21H,5-6,8,11,14-18H2,1-4H3,(H,29,30)/t20-,21-/m1/s1. The van der Waals surface area contributed by atoms with Gasteiger partial charge in [-0.25, -0.2) is 19.6 Å². The third-order valence-corrected chi connectivity index (χ3v) is 5.65. The number of carbonyl (C=O) groups is 4. The summed E-state index contributed by atoms with van der Waals surface area (Å²) in [4.78, 5) is 51.4. The minimum Gasteiger partial charge on any atom is -0.481 e. The van der Waals surface area contributed by atoms with Crippen molar-refractivity contribution in [1.29, 1.82) is 0 Å². The molecule has 1 aromatic rings. The number of esters is 1. The molecule has 1 N–H and O–H groups in total. The van der Waals surface area contributed by atoms with Crippen LogP contribution in [0.15, 0.2) is 30.3 Å². The largest absolute Gasteiger partial charge is 0.481 e. The van der Waals surface area contributed by atoms with E-state index >= 15 is 0 Å². The van der Waals surface area contributed by atoms with Crippen molar-refractivity contribution in [2.45, 2.75) is 90.9 Å². The number of hydrogen-bond acceptors (Lipinski definition) is 6. The first-order valence-electron chi connectivity index (χ1n) is 12.3. The summed E-state index contributed by atoms with van der Waals surface area (Å²) in [7, 11) is 0. The van der Waals surface area contributed by atoms with Crippen LogP contribution >= 0.6 is 0 Å². The van der Waals surface area contributed by atoms with Gasteiger partial charge in [0.1, 0.15) is 12.2 Å². The van der Waals surface area contributed by atoms with Gasteiger partial charge < -0.3 is 14.6 Å². The maximum atomic E-state index is 13.7. The lowest BCUT2D eigenvalue weighted by molar-refractivity contribution is -0.183. The van der Waals surface area contributed by atoms with E-state index in [0.29, 0.717) is 25.7 Å². The Morgan fingerprint density at radius 1 is 1.11 bits per heavy atom. The van der Waals surface area contributed by atoms with Crippen LogP contribution in [-0.2, 0) is 30.5 Å². The molecule has 2 atom stereocenters. The predicted octanol–water partition coefficient (Wildman–Crippen LogP) is 4.54. The van der Waals surface area contributed by atoms with Crippen LogP contribution in [0.1, 0.15) is 78.2 Å². The van der Waals surface area contributed by atoms with E-state index in [1.54, 1.807) is 20.8 Å². The molecule has 0 radical (unpaired) electrons. The molecule has 1 heterocycles. The number of carboxylic acid groups (broad SMARTS) is 1. The molecule has 2 rings (SSSR count). The van der Waals surface area contributed by atoms with Gasteiger partial charge in [0.25, 0.3) is 0 Å². The Kier molecular flexibility index (Phi) is 10.5. The number of unbranched alkanes of at least 4 members (excludes halogenated alkanes) is 2. The molecule has 1 saturated heterocycles. The average Bonchev–Trinajstić information content (AvgIpc) is 2.80. The van der Waals surface area contributed by atoms with Crippen molar-refractivity contribution in [3.05, 3.63) is 35.9 Å². The highest BCUT2D eigenvalue weighted by Gasteiger charge is 2.44. The number of amides is 2. The molecule has 9 heteroatoms. The molecule has 0 saturated carbocycles. The summed E-state index contributed by atoms with van der Waals surface area (Å²) in [5.41, 5.74) is -0.00788. The number of nitrogens with zero attached hydrogens (tertiary/aromatic N) is 2. The van der Waals surface area contributed by atoms with Gasteiger partial charge in [-0.05, 0) is 45.6 Å². The normalized spacial score (nSPS) is 17.0. The molecular formula is C26H38N2O7. The van der Waals surface area contributed by atoms with E-state index in [-0.39, 0.29) is 19.6 Å². The highest BCUT2D eigenvalue weighted by Crippen LogP contribution is 2.27. The van der Waals surface area contributed by atoms with Crippen molar-refractivity contribution in [2.75, 3.05) is 6.54 Å². The SMILES string of the molecule is CCCCC[C@H](CC(=O)O)C(=O)N1[C@@H](C(=O)OC(C)(C)C)CCCN1C(=O)OCc1ccccc1. The van der Waals surface area contributed by atoms with Gasteiger partial charge in [0.15, 0.2) is 6.04 Å². The molecule has 9 nitrogen and oxygen atoms in total. The highest BCUT2D eigenvalue weighted by atomic mass is 16.6. The Hall–Kier alpha value is -3.10. The van der Waals surface area contributed by atoms with E-state index in [2.05, 4.69) is 0 Å². The average molecular weight is 491 g/mol. The Bertz CT molecular complexity index is 866. The second-order valence-electron chi connectivity index (χ2n) is 9.83. The van der Waals surface area contributed by atoms with Crippen molar-refractivity contribution in [3.63, 3.8) is 0 Å². The zero-order valence-electron chi connectivity index (χ0n) is 21.2. The fraction of sp³-hybridized carbons (Fsp3) is 0.615. The fourth-order valence-corrected chi connectivity index (χ4v) is 4.02. The van der Waals surface area contributed by atoms with Crippen molar-refractivity contribution < 1.29 is 33.8 Å². The highest BCUT2D eigenvalue weighted by molar-refractivity contribution is 5.89. The first kappa shape index (κ1) is 28.1. The van der Waals surface area contributed by atoms with Crippen molar-refractivity contribution in [2.24, 2.45) is 5.92 Å². The van der Waals surface area contributed by atoms with Crippen LogP contribution < -0.4 is 0 Å². The monoisotopic (exact) mass is 490 g/mol. The molecule has 1 aromatic carbocycles. The maximum Gasteiger partial charge on any atom is 0.429 e. The van der Waals surface area contributed by atoms with Gasteiger partial charge >= 0.3 is 18.0 Å². The summed E-state index contributed by atoms with van der Waals surface area (Å²) in [6.07, 6.45) is 2.40. The van der Waals surface area contributed by atoms with Crippen LogP contribution in [0.25, 0.3) is 0 Å². The summed E-state index contributed by atoms with van der Waals surface area (Å²) in [6.45, 7) is 7.37. The number of rotatable bonds is 10. The maximum absolute atomic E-state index is 13.7. The summed E-state index contributed by atoms with van der Waals surface area (Å²) < 4.78 is 11.0. The second kappa shape index (κ2) is 13.1. The Morgan fingerprint density at radius 3 is 2.40 bits per heavy atom. The van der Waals surface area contributed by atoms with E-state index in [1.165, 1.54) is 0 Å². The van der Waals surface area contributed by atoms with Gasteiger partial charge in [0.05, 0.1) is 12.3 Å². The van der Waals surface area contributed by atoms with Crippen LogP contribution in [0.2, 0.25) is 0 Å². The molecule has 0 unspecified atom stereocenters. The molecule has 35 heavy (non-hydrogen) atoms. The summed E-state index contributed by atoms with van der Waals surface area (Å²) in [5.74, 6) is -3.18. The first-order chi connectivity index (χ1) is 16.5. The zero-order chi connectivity index (χ0) is 26.0. The van der Waals surface area contributed by atoms with Crippen LogP contribution in [0.5, 0.6) is 0 Å². The van der Waals surface area contributed by atoms with Gasteiger partial charge in [-0.3, -0.25) is 9.59 Å². The van der Waals surface area contributed by atoms with Crippen molar-refractivity contribution in [1.82, 2.24) is 10.0 Å². The lowest BCUT2D eigenvalue weighted by Gasteiger charge is -2.43. The van der Waals surface area contributed by atoms with Crippen LogP contribution in [0.4, 0.5) is 4.79 Å². The quantitative estimate of drug-likeness (QED) is 0.378. The fourth-order valence-electron chi connectivity index (χ4n) is 4.02. The number of aliphatic carboxylic acids is 1. The minimum atomic E-state index is -1.11. The van der Waals surface area contributed by atoms with Crippen LogP contribution in [0, 0.1) is 5.92 Å². The van der Waals surface area contributed by atoms with E-state index in [0.717, 1.165) is 28.4 Å². The summed E-state index contributed by atoms with van der Waals surface area (Å²) >= 11 is 0. The van der Waals surface area contributed by atoms with Gasteiger partial charge in [-0.1, -0.05) is 56.5 Å². The number of carboxylic acids is 1. The van der Waals surface area contributed by atoms with Crippen molar-refractivity contribution in [3.8, 4) is 0 Å². The van der Waals surface area contributed by atoms with Crippen LogP contribution in [-0.4, -0.2) is 57.3 Å². The van der Waals surface area contributed by atoms with E-state index in [9.17, 15) is 24.3 Å². The van der Waals surface area contributed by atoms with E-state index < -0.39 is 41.5 Å². The molecular weight excluding hydrogens is 452 g/mol. The zero-order valence-corrected chi connectivity index (χ0v) is 21.2. The lowest BCUT2D eigenvalue weighted by atomic mass is 9.95. The number of hydrogen-bond donors (Lipinski definition) is 1. The molecule has 0 aliphatic carbocycles. The van der Waals surface area contributed by atoms with Crippen molar-refractivity contribution >= 4 is 23.9 Å². The molecule has 0 bridgehead atoms. The number of benzene rings is 1. The molecule has 0 aromatic heterocycles. The molecule has 1 fully saturated rings. The van der Waals surface area contributed by atoms with Gasteiger partial charge in [-0.15, -0.1) is 0 Å². The predicted molar refractivity (Wildman–Crippen MR) is 129 cm³/mol. The number of carbonyl (C=O) groups excluding carboxylic acids is 3.